The van der Waals surface area contributed by atoms with Crippen molar-refractivity contribution in [3.63, 3.8) is 0 Å². The first-order valence-electron chi connectivity index (χ1n) is 9.85. The Hall–Kier alpha value is -2.65. The van der Waals surface area contributed by atoms with Crippen molar-refractivity contribution in [3.8, 4) is 0 Å². The highest BCUT2D eigenvalue weighted by molar-refractivity contribution is 6.30. The van der Waals surface area contributed by atoms with E-state index in [1.807, 2.05) is 48.5 Å². The fourth-order valence-electron chi connectivity index (χ4n) is 4.18. The number of hydrogen-bond donors (Lipinski definition) is 1. The van der Waals surface area contributed by atoms with Crippen molar-refractivity contribution >= 4 is 40.1 Å². The summed E-state index contributed by atoms with van der Waals surface area (Å²) in [5, 5.41) is 11.5. The average Bonchev–Trinajstić information content (AvgIpc) is 2.65. The van der Waals surface area contributed by atoms with Gasteiger partial charge in [0.05, 0.1) is 16.8 Å². The molecule has 3 aromatic rings. The zero-order valence-corrected chi connectivity index (χ0v) is 17.6. The van der Waals surface area contributed by atoms with Gasteiger partial charge in [0.1, 0.15) is 0 Å². The molecule has 0 saturated heterocycles. The number of hydrogen-bond acceptors (Lipinski definition) is 2. The molecule has 0 saturated carbocycles. The number of rotatable bonds is 2. The molecule has 4 rings (SSSR count). The number of fused-ring (bicyclic) bond motifs is 2. The molecule has 0 fully saturated rings. The number of carboxylic acids is 1. The van der Waals surface area contributed by atoms with Gasteiger partial charge in [0, 0.05) is 10.4 Å². The largest absolute Gasteiger partial charge is 0.478 e. The molecule has 3 nitrogen and oxygen atoms in total. The molecule has 2 aromatic carbocycles. The Kier molecular flexibility index (Phi) is 4.95. The molecule has 148 valence electrons. The maximum Gasteiger partial charge on any atom is 0.336 e. The Balaban J connectivity index is 2.00. The van der Waals surface area contributed by atoms with Crippen LogP contribution in [-0.2, 0) is 6.42 Å². The van der Waals surface area contributed by atoms with E-state index in [-0.39, 0.29) is 5.41 Å². The molecular formula is C25H24ClNO2. The molecule has 0 radical (unpaired) electrons. The van der Waals surface area contributed by atoms with E-state index in [1.165, 1.54) is 0 Å². The summed E-state index contributed by atoms with van der Waals surface area (Å²) in [7, 11) is 0. The molecule has 1 aromatic heterocycles. The number of halogens is 1. The minimum absolute atomic E-state index is 0.0481. The molecule has 0 aliphatic heterocycles. The summed E-state index contributed by atoms with van der Waals surface area (Å²) in [6.45, 7) is 6.65. The van der Waals surface area contributed by atoms with Crippen LogP contribution < -0.4 is 0 Å². The van der Waals surface area contributed by atoms with E-state index in [4.69, 9.17) is 16.6 Å². The van der Waals surface area contributed by atoms with Crippen molar-refractivity contribution in [2.75, 3.05) is 0 Å². The minimum Gasteiger partial charge on any atom is -0.478 e. The van der Waals surface area contributed by atoms with Crippen LogP contribution in [0.4, 0.5) is 0 Å². The van der Waals surface area contributed by atoms with Gasteiger partial charge in [0.15, 0.2) is 0 Å². The van der Waals surface area contributed by atoms with Crippen LogP contribution in [0.2, 0.25) is 5.02 Å². The van der Waals surface area contributed by atoms with Crippen LogP contribution in [0.3, 0.4) is 0 Å². The minimum atomic E-state index is -0.892. The Bertz CT molecular complexity index is 1140. The van der Waals surface area contributed by atoms with E-state index in [1.54, 1.807) is 0 Å². The number of allylic oxidation sites excluding steroid dienone is 1. The predicted octanol–water partition coefficient (Wildman–Crippen LogP) is 6.74. The quantitative estimate of drug-likeness (QED) is 0.513. The monoisotopic (exact) mass is 405 g/mol. The lowest BCUT2D eigenvalue weighted by atomic mass is 9.69. The van der Waals surface area contributed by atoms with E-state index >= 15 is 0 Å². The van der Waals surface area contributed by atoms with Gasteiger partial charge in [-0.05, 0) is 65.1 Å². The number of pyridine rings is 1. The lowest BCUT2D eigenvalue weighted by Gasteiger charge is -2.36. The van der Waals surface area contributed by atoms with Gasteiger partial charge in [-0.15, -0.1) is 0 Å². The normalized spacial score (nSPS) is 18.1. The molecular weight excluding hydrogens is 382 g/mol. The summed E-state index contributed by atoms with van der Waals surface area (Å²) in [6.07, 6.45) is 3.68. The van der Waals surface area contributed by atoms with Gasteiger partial charge < -0.3 is 5.11 Å². The number of carbonyl (C=O) groups is 1. The van der Waals surface area contributed by atoms with Crippen molar-refractivity contribution in [1.29, 1.82) is 0 Å². The Morgan fingerprint density at radius 1 is 1.14 bits per heavy atom. The Labute approximate surface area is 176 Å². The Morgan fingerprint density at radius 2 is 1.90 bits per heavy atom. The van der Waals surface area contributed by atoms with Gasteiger partial charge in [-0.1, -0.05) is 62.7 Å². The van der Waals surface area contributed by atoms with Crippen molar-refractivity contribution < 1.29 is 9.90 Å². The first kappa shape index (κ1) is 19.7. The van der Waals surface area contributed by atoms with Crippen molar-refractivity contribution in [2.45, 2.75) is 33.6 Å². The maximum absolute atomic E-state index is 12.3. The first-order valence-corrected chi connectivity index (χ1v) is 10.2. The van der Waals surface area contributed by atoms with E-state index in [0.717, 1.165) is 34.3 Å². The number of aromatic carboxylic acids is 1. The molecule has 1 N–H and O–H groups in total. The van der Waals surface area contributed by atoms with Crippen LogP contribution in [-0.4, -0.2) is 16.1 Å². The molecule has 0 spiro atoms. The van der Waals surface area contributed by atoms with Crippen LogP contribution in [0.1, 0.15) is 54.4 Å². The number of nitrogens with zero attached hydrogens (tertiary/aromatic N) is 1. The highest BCUT2D eigenvalue weighted by Crippen LogP contribution is 2.44. The number of benzene rings is 2. The predicted molar refractivity (Wildman–Crippen MR) is 119 cm³/mol. The molecule has 29 heavy (non-hydrogen) atoms. The van der Waals surface area contributed by atoms with E-state index < -0.39 is 5.97 Å². The molecule has 1 aliphatic rings. The summed E-state index contributed by atoms with van der Waals surface area (Å²) < 4.78 is 0. The zero-order valence-electron chi connectivity index (χ0n) is 16.9. The van der Waals surface area contributed by atoms with Crippen molar-refractivity contribution in [1.82, 2.24) is 4.98 Å². The smallest absolute Gasteiger partial charge is 0.336 e. The third-order valence-electron chi connectivity index (χ3n) is 5.84. The topological polar surface area (TPSA) is 50.2 Å². The van der Waals surface area contributed by atoms with Crippen LogP contribution in [0.5, 0.6) is 0 Å². The van der Waals surface area contributed by atoms with Gasteiger partial charge in [0.25, 0.3) is 0 Å². The number of para-hydroxylation sites is 1. The summed E-state index contributed by atoms with van der Waals surface area (Å²) in [4.78, 5) is 17.2. The molecule has 1 atom stereocenters. The summed E-state index contributed by atoms with van der Waals surface area (Å²) in [6, 6.07) is 15.2. The number of aromatic nitrogens is 1. The van der Waals surface area contributed by atoms with E-state index in [2.05, 4.69) is 26.8 Å². The molecule has 0 unspecified atom stereocenters. The van der Waals surface area contributed by atoms with Gasteiger partial charge in [-0.3, -0.25) is 0 Å². The fraction of sp³-hybridized carbons (Fsp3) is 0.280. The lowest BCUT2D eigenvalue weighted by molar-refractivity contribution is 0.0696. The molecule has 1 aliphatic carbocycles. The standard InChI is InChI=1S/C25H24ClNO2/c1-25(2,3)17-13-16(11-15-7-6-8-18(26)12-15)23-20(14-17)22(24(28)29)19-9-4-5-10-21(19)27-23/h4-12,17H,13-14H2,1-3H3,(H,28,29)/b16-11-/t17-/m1/s1. The molecule has 4 heteroatoms. The summed E-state index contributed by atoms with van der Waals surface area (Å²) in [5.74, 6) is -0.571. The van der Waals surface area contributed by atoms with Crippen molar-refractivity contribution in [3.05, 3.63) is 75.9 Å². The highest BCUT2D eigenvalue weighted by Gasteiger charge is 2.35. The van der Waals surface area contributed by atoms with E-state index in [9.17, 15) is 9.90 Å². The second kappa shape index (κ2) is 7.31. The average molecular weight is 406 g/mol. The SMILES string of the molecule is CC(C)(C)[C@@H]1C/C(=C/c2cccc(Cl)c2)c2nc3ccccc3c(C(=O)O)c2C1. The van der Waals surface area contributed by atoms with Crippen LogP contribution in [0.15, 0.2) is 48.5 Å². The Morgan fingerprint density at radius 3 is 2.59 bits per heavy atom. The fourth-order valence-corrected chi connectivity index (χ4v) is 4.38. The molecule has 0 bridgehead atoms. The van der Waals surface area contributed by atoms with Crippen molar-refractivity contribution in [2.24, 2.45) is 11.3 Å². The van der Waals surface area contributed by atoms with Crippen LogP contribution in [0.25, 0.3) is 22.6 Å². The molecule has 0 amide bonds. The maximum atomic E-state index is 12.3. The van der Waals surface area contributed by atoms with Gasteiger partial charge in [-0.25, -0.2) is 9.78 Å². The first-order chi connectivity index (χ1) is 13.7. The summed E-state index contributed by atoms with van der Waals surface area (Å²) in [5.41, 5.74) is 4.87. The zero-order chi connectivity index (χ0) is 20.8. The lowest BCUT2D eigenvalue weighted by Crippen LogP contribution is -2.28. The van der Waals surface area contributed by atoms with E-state index in [0.29, 0.717) is 28.3 Å². The second-order valence-electron chi connectivity index (χ2n) is 8.83. The third-order valence-corrected chi connectivity index (χ3v) is 6.08. The third kappa shape index (κ3) is 3.79. The molecule has 1 heterocycles. The highest BCUT2D eigenvalue weighted by atomic mass is 35.5. The van der Waals surface area contributed by atoms with Gasteiger partial charge >= 0.3 is 5.97 Å². The van der Waals surface area contributed by atoms with Crippen LogP contribution >= 0.6 is 11.6 Å². The van der Waals surface area contributed by atoms with Gasteiger partial charge in [0.2, 0.25) is 0 Å². The van der Waals surface area contributed by atoms with Gasteiger partial charge in [-0.2, -0.15) is 0 Å². The second-order valence-corrected chi connectivity index (χ2v) is 9.27. The van der Waals surface area contributed by atoms with Crippen LogP contribution in [0, 0.1) is 11.3 Å². The summed E-state index contributed by atoms with van der Waals surface area (Å²) >= 11 is 6.19. The number of carboxylic acid groups (broad SMARTS) is 1.